The number of ether oxygens (including phenoxy) is 18. The van der Waals surface area contributed by atoms with Crippen LogP contribution in [0.1, 0.15) is 233 Å². The van der Waals surface area contributed by atoms with Crippen molar-refractivity contribution in [3.05, 3.63) is 137 Å². The van der Waals surface area contributed by atoms with Crippen LogP contribution in [0.5, 0.6) is 69.0 Å². The Kier molecular flexibility index (Phi) is 26.1. The molecule has 20 rings (SSSR count). The molecule has 3 N–H and O–H groups in total. The first-order chi connectivity index (χ1) is 61.9. The summed E-state index contributed by atoms with van der Waals surface area (Å²) < 4.78 is 108. The molecule has 0 amide bonds. The Balaban J connectivity index is 0.000000200. The summed E-state index contributed by atoms with van der Waals surface area (Å²) >= 11 is 3.17. The highest BCUT2D eigenvalue weighted by Gasteiger charge is 2.65. The summed E-state index contributed by atoms with van der Waals surface area (Å²) in [5.41, 5.74) is 9.32. The highest BCUT2D eigenvalue weighted by Crippen LogP contribution is 2.67. The maximum Gasteiger partial charge on any atom is 0.514 e. The van der Waals surface area contributed by atoms with Gasteiger partial charge >= 0.3 is 36.6 Å². The molecular formula is C99H125N7O25S2. The minimum atomic E-state index is -1.38. The van der Waals surface area contributed by atoms with Gasteiger partial charge in [0.25, 0.3) is 0 Å². The summed E-state index contributed by atoms with van der Waals surface area (Å²) in [4.78, 5) is 92.1. The molecule has 718 valence electrons. The van der Waals surface area contributed by atoms with Crippen molar-refractivity contribution in [1.29, 1.82) is 5.26 Å². The van der Waals surface area contributed by atoms with Crippen molar-refractivity contribution in [2.75, 3.05) is 93.9 Å². The highest BCUT2D eigenvalue weighted by atomic mass is 32.2. The molecule has 4 saturated heterocycles. The highest BCUT2D eigenvalue weighted by molar-refractivity contribution is 7.99. The van der Waals surface area contributed by atoms with E-state index in [-0.39, 0.29) is 93.7 Å². The third-order valence-electron chi connectivity index (χ3n) is 27.2. The number of esters is 2. The van der Waals surface area contributed by atoms with Crippen molar-refractivity contribution in [1.82, 2.24) is 30.2 Å². The lowest BCUT2D eigenvalue weighted by Crippen LogP contribution is -2.70. The maximum absolute atomic E-state index is 15.1. The fraction of sp³-hybridized carbons (Fsp3) is 0.566. The van der Waals surface area contributed by atoms with Crippen molar-refractivity contribution in [3.63, 3.8) is 0 Å². The van der Waals surface area contributed by atoms with Gasteiger partial charge in [-0.05, 0) is 267 Å². The van der Waals surface area contributed by atoms with E-state index in [4.69, 9.17) is 85.3 Å². The summed E-state index contributed by atoms with van der Waals surface area (Å²) in [6.07, 6.45) is -2.57. The maximum atomic E-state index is 15.1. The predicted molar refractivity (Wildman–Crippen MR) is 494 cm³/mol. The molecule has 4 fully saturated rings. The molecule has 0 aliphatic carbocycles. The molecule has 14 heterocycles. The van der Waals surface area contributed by atoms with Gasteiger partial charge < -0.3 is 90.4 Å². The second-order valence-electron chi connectivity index (χ2n) is 39.6. The fourth-order valence-corrected chi connectivity index (χ4v) is 25.3. The van der Waals surface area contributed by atoms with Gasteiger partial charge in [-0.15, -0.1) is 23.5 Å². The van der Waals surface area contributed by atoms with E-state index in [1.54, 1.807) is 145 Å². The molecule has 14 atom stereocenters. The number of hydrogen-bond donors (Lipinski definition) is 3. The molecule has 14 aliphatic heterocycles. The molecular weight excluding hydrogens is 1750 g/mol. The first-order valence-electron chi connectivity index (χ1n) is 44.4. The minimum absolute atomic E-state index is 0. The van der Waals surface area contributed by atoms with Gasteiger partial charge in [-0.2, -0.15) is 5.26 Å². The smallest absolute Gasteiger partial charge is 0.493 e. The Hall–Kier alpha value is -10.3. The lowest BCUT2D eigenvalue weighted by Gasteiger charge is -2.62. The molecule has 0 radical (unpaired) electrons. The van der Waals surface area contributed by atoms with Crippen LogP contribution in [0.2, 0.25) is 0 Å². The van der Waals surface area contributed by atoms with Crippen LogP contribution in [0, 0.1) is 52.9 Å². The second-order valence-corrected chi connectivity index (χ2v) is 41.9. The Morgan fingerprint density at radius 2 is 0.827 bits per heavy atom. The number of benzene rings is 6. The number of thioether (sulfide) groups is 2. The monoisotopic (exact) mass is 1880 g/mol. The van der Waals surface area contributed by atoms with Crippen LogP contribution in [0.3, 0.4) is 0 Å². The normalized spacial score (nSPS) is 26.2. The van der Waals surface area contributed by atoms with Crippen molar-refractivity contribution in [2.24, 2.45) is 0 Å². The molecule has 14 aliphatic rings. The average molecular weight is 1880 g/mol. The number of piperazine rings is 2. The molecule has 133 heavy (non-hydrogen) atoms. The number of nitriles is 1. The number of aryl methyl sites for hydroxylation is 2. The fourth-order valence-electron chi connectivity index (χ4n) is 21.8. The van der Waals surface area contributed by atoms with Crippen LogP contribution in [-0.2, 0) is 74.8 Å². The van der Waals surface area contributed by atoms with Gasteiger partial charge in [0.05, 0.1) is 64.7 Å². The Labute approximate surface area is 785 Å². The third kappa shape index (κ3) is 16.6. The Bertz CT molecular complexity index is 5750. The number of methoxy groups -OCH3 is 4. The van der Waals surface area contributed by atoms with Gasteiger partial charge in [0.15, 0.2) is 80.1 Å². The molecule has 2 unspecified atom stereocenters. The number of aliphatic hydroxyl groups excluding tert-OH is 1. The zero-order chi connectivity index (χ0) is 94.0. The summed E-state index contributed by atoms with van der Waals surface area (Å²) in [6.45, 7) is 33.9. The largest absolute Gasteiger partial charge is 0.514 e. The van der Waals surface area contributed by atoms with E-state index in [0.717, 1.165) is 89.0 Å². The molecule has 0 aromatic heterocycles. The van der Waals surface area contributed by atoms with E-state index >= 15 is 9.59 Å². The first-order valence-corrected chi connectivity index (χ1v) is 46.4. The van der Waals surface area contributed by atoms with E-state index in [2.05, 4.69) is 62.3 Å². The van der Waals surface area contributed by atoms with Gasteiger partial charge in [0.1, 0.15) is 47.9 Å². The SMILES string of the molecule is C.C.COc1cc2c(cc1OC(=O)OC(C)(C)C)CCN[C@]21CS[C@@H]2c3c(C)c(C)c4c(c3[C@H](COC1=O)N1C2[C@H]2c3c(cc(C)c(OC)c3OC(=O)OC(C)(C)C)C[C@@H]([C@@H]1C#N)N2C)OCO4.COc1cc2c(cc1OC(=O)OC(C)(C)C)CCN[C@]21CS[C@@H]2c3c(C)c(C)c4c(c3[C@H](COC1=O)N1C2[C@H]2c3c(cc(C)c(OC)c3OC(=O)OC(C)(C)C)C[C@@H]([C@@H]1O)N2C)OCO4. The third-order valence-corrected chi connectivity index (χ3v) is 30.2. The van der Waals surface area contributed by atoms with E-state index in [9.17, 15) is 29.5 Å². The van der Waals surface area contributed by atoms with Crippen LogP contribution in [0.25, 0.3) is 0 Å². The zero-order valence-electron chi connectivity index (χ0n) is 78.7. The number of carbonyl (C=O) groups excluding carboxylic acids is 6. The topological polar surface area (TPSA) is 350 Å². The molecule has 6 aromatic carbocycles. The van der Waals surface area contributed by atoms with Crippen molar-refractivity contribution >= 4 is 60.1 Å². The summed E-state index contributed by atoms with van der Waals surface area (Å²) in [5.74, 6) is 3.99. The van der Waals surface area contributed by atoms with E-state index in [1.807, 2.05) is 41.8 Å². The van der Waals surface area contributed by atoms with Crippen molar-refractivity contribution in [3.8, 4) is 75.1 Å². The Morgan fingerprint density at radius 3 is 1.21 bits per heavy atom. The summed E-state index contributed by atoms with van der Waals surface area (Å²) in [5, 5.41) is 30.5. The molecule has 34 heteroatoms. The number of nitrogens with one attached hydrogen (secondary N) is 2. The second kappa shape index (κ2) is 35.7. The van der Waals surface area contributed by atoms with Gasteiger partial charge in [-0.1, -0.05) is 27.0 Å². The van der Waals surface area contributed by atoms with Crippen LogP contribution in [0.15, 0.2) is 36.4 Å². The molecule has 8 bridgehead atoms. The lowest BCUT2D eigenvalue weighted by atomic mass is 9.71. The van der Waals surface area contributed by atoms with Crippen LogP contribution in [-0.4, -0.2) is 214 Å². The number of fused-ring (bicyclic) bond motifs is 18. The molecule has 2 spiro atoms. The number of aliphatic hydroxyl groups is 1. The number of hydrogen-bond acceptors (Lipinski definition) is 34. The number of rotatable bonds is 8. The number of nitrogens with zero attached hydrogens (tertiary/aromatic N) is 5. The summed E-state index contributed by atoms with van der Waals surface area (Å²) in [7, 11) is 10.1. The zero-order valence-corrected chi connectivity index (χ0v) is 80.3. The van der Waals surface area contributed by atoms with Gasteiger partial charge in [-0.25, -0.2) is 28.8 Å². The van der Waals surface area contributed by atoms with Crippen molar-refractivity contribution < 1.29 is 119 Å². The van der Waals surface area contributed by atoms with E-state index < -0.39 is 135 Å². The molecule has 6 aromatic rings. The van der Waals surface area contributed by atoms with Crippen LogP contribution in [0.4, 0.5) is 19.2 Å². The number of likely N-dealkylation sites (N-methyl/N-ethyl adjacent to an activating group) is 2. The quantitative estimate of drug-likeness (QED) is 0.0724. The predicted octanol–water partition coefficient (Wildman–Crippen LogP) is 15.9. The van der Waals surface area contributed by atoms with E-state index in [1.165, 1.54) is 14.2 Å². The molecule has 0 saturated carbocycles. The standard InChI is InChI=1S/C49H58N4O12S.C48H59N3O13S.2CH4/c1-23-15-27-16-29-30(19-50)53-31-20-59-44(54)49(28-18-32(57-11)33(17-26(28)13-14-51-49)62-45(55)64-47(4,5)6)21-66-43(34-24(2)25(3)40-41(36(31)34)61-22-60-40)38(53)37(52(29)10)35(27)42(39(23)58-12)63-46(56)65-48(7,8)9;1-22-15-26-16-28-42(52)51-29-19-58-43(53)48(27-18-30(56-11)31(17-25(27)13-14-49-48)61-44(54)63-46(4,5)6)20-65-41(32-23(2)24(3)38-39(34(29)32)60-21-59-38)36(51)35(50(28)10)33(26)40(37(22)57-12)62-45(55)64-47(7,8)9;;/h15,17-18,29-31,37-38,43,51H,13-14,16,20-22H2,1-12H3;15,17-18,28-29,35-36,41-42,49,52H,13-14,16,19-21H2,1-12H3;2*1H4/t29-,30-,31-,37+,38?,43+,49+;28-,29-,35+,36?,41+,42-,48+;;/m00../s1. The first kappa shape index (κ1) is 97.2. The van der Waals surface area contributed by atoms with Crippen LogP contribution < -0.4 is 67.5 Å². The minimum Gasteiger partial charge on any atom is -0.493 e. The van der Waals surface area contributed by atoms with E-state index in [0.29, 0.717) is 84.4 Å². The van der Waals surface area contributed by atoms with Gasteiger partial charge in [0, 0.05) is 75.5 Å². The summed E-state index contributed by atoms with van der Waals surface area (Å²) in [6, 6.07) is 9.15. The average Bonchev–Trinajstić information content (AvgIpc) is 0.810. The van der Waals surface area contributed by atoms with Gasteiger partial charge in [0.2, 0.25) is 13.6 Å². The van der Waals surface area contributed by atoms with Gasteiger partial charge in [-0.3, -0.25) is 30.2 Å². The van der Waals surface area contributed by atoms with Crippen molar-refractivity contribution in [2.45, 2.75) is 270 Å². The number of carbonyl (C=O) groups is 6. The Morgan fingerprint density at radius 1 is 0.459 bits per heavy atom. The molecule has 32 nitrogen and oxygen atoms in total. The van der Waals surface area contributed by atoms with Crippen LogP contribution >= 0.6 is 23.5 Å². The lowest BCUT2D eigenvalue weighted by molar-refractivity contribution is -0.186.